The highest BCUT2D eigenvalue weighted by molar-refractivity contribution is 6.39. The maximum Gasteiger partial charge on any atom is 0.199 e. The monoisotopic (exact) mass is 372 g/mol. The SMILES string of the molecule is CC(=C1C(=O)c2ccccc2C1=O)N1CCN(CC=Cc2ccccc2)CC1. The van der Waals surface area contributed by atoms with E-state index in [-0.39, 0.29) is 11.6 Å². The summed E-state index contributed by atoms with van der Waals surface area (Å²) in [5.74, 6) is -0.266. The maximum absolute atomic E-state index is 12.7. The Bertz CT molecular complexity index is 915. The van der Waals surface area contributed by atoms with Crippen molar-refractivity contribution in [3.05, 3.63) is 88.6 Å². The van der Waals surface area contributed by atoms with Gasteiger partial charge in [-0.1, -0.05) is 66.7 Å². The number of nitrogens with zero attached hydrogens (tertiary/aromatic N) is 2. The molecule has 0 bridgehead atoms. The molecule has 1 fully saturated rings. The van der Waals surface area contributed by atoms with Crippen molar-refractivity contribution in [3.63, 3.8) is 0 Å². The van der Waals surface area contributed by atoms with Crippen LogP contribution in [0.25, 0.3) is 6.08 Å². The molecule has 2 aliphatic rings. The molecule has 0 radical (unpaired) electrons. The molecule has 0 N–H and O–H groups in total. The number of ketones is 2. The average molecular weight is 372 g/mol. The summed E-state index contributed by atoms with van der Waals surface area (Å²) in [5.41, 5.74) is 3.43. The number of benzene rings is 2. The van der Waals surface area contributed by atoms with Crippen LogP contribution in [0.4, 0.5) is 0 Å². The Balaban J connectivity index is 1.39. The first-order valence-corrected chi connectivity index (χ1v) is 9.73. The van der Waals surface area contributed by atoms with Crippen molar-refractivity contribution < 1.29 is 9.59 Å². The lowest BCUT2D eigenvalue weighted by molar-refractivity contribution is 0.0977. The number of hydrogen-bond donors (Lipinski definition) is 0. The van der Waals surface area contributed by atoms with E-state index in [0.717, 1.165) is 38.4 Å². The van der Waals surface area contributed by atoms with Crippen LogP contribution < -0.4 is 0 Å². The number of rotatable bonds is 4. The van der Waals surface area contributed by atoms with Gasteiger partial charge in [0.2, 0.25) is 0 Å². The highest BCUT2D eigenvalue weighted by atomic mass is 16.2. The normalized spacial score (nSPS) is 17.5. The number of piperazine rings is 1. The Morgan fingerprint density at radius 2 is 1.43 bits per heavy atom. The zero-order chi connectivity index (χ0) is 19.5. The molecule has 4 heteroatoms. The lowest BCUT2D eigenvalue weighted by Gasteiger charge is -2.36. The highest BCUT2D eigenvalue weighted by Gasteiger charge is 2.35. The Kier molecular flexibility index (Phi) is 5.22. The van der Waals surface area contributed by atoms with E-state index in [1.165, 1.54) is 5.56 Å². The Morgan fingerprint density at radius 1 is 0.857 bits per heavy atom. The minimum absolute atomic E-state index is 0.133. The van der Waals surface area contributed by atoms with Crippen LogP contribution in [0.15, 0.2) is 71.9 Å². The topological polar surface area (TPSA) is 40.6 Å². The lowest BCUT2D eigenvalue weighted by Crippen LogP contribution is -2.45. The maximum atomic E-state index is 12.7. The molecule has 142 valence electrons. The molecule has 0 unspecified atom stereocenters. The Morgan fingerprint density at radius 3 is 2.04 bits per heavy atom. The molecule has 28 heavy (non-hydrogen) atoms. The summed E-state index contributed by atoms with van der Waals surface area (Å²) >= 11 is 0. The summed E-state index contributed by atoms with van der Waals surface area (Å²) in [7, 11) is 0. The van der Waals surface area contributed by atoms with E-state index in [2.05, 4.69) is 34.1 Å². The zero-order valence-electron chi connectivity index (χ0n) is 16.1. The van der Waals surface area contributed by atoms with Gasteiger partial charge in [0.15, 0.2) is 11.6 Å². The van der Waals surface area contributed by atoms with Gasteiger partial charge in [-0.3, -0.25) is 14.5 Å². The molecule has 4 nitrogen and oxygen atoms in total. The first-order valence-electron chi connectivity index (χ1n) is 9.73. The van der Waals surface area contributed by atoms with Crippen molar-refractivity contribution in [2.45, 2.75) is 6.92 Å². The van der Waals surface area contributed by atoms with E-state index < -0.39 is 0 Å². The van der Waals surface area contributed by atoms with Gasteiger partial charge in [-0.15, -0.1) is 0 Å². The molecule has 1 aliphatic carbocycles. The second kappa shape index (κ2) is 7.95. The summed E-state index contributed by atoms with van der Waals surface area (Å²) in [6.07, 6.45) is 4.34. The van der Waals surface area contributed by atoms with Gasteiger partial charge in [0, 0.05) is 49.5 Å². The van der Waals surface area contributed by atoms with Crippen molar-refractivity contribution in [3.8, 4) is 0 Å². The van der Waals surface area contributed by atoms with Crippen LogP contribution in [-0.2, 0) is 0 Å². The molecular formula is C24H24N2O2. The van der Waals surface area contributed by atoms with E-state index in [0.29, 0.717) is 16.7 Å². The fourth-order valence-corrected chi connectivity index (χ4v) is 3.91. The summed E-state index contributed by atoms with van der Waals surface area (Å²) in [6.45, 7) is 6.29. The molecular weight excluding hydrogens is 348 g/mol. The van der Waals surface area contributed by atoms with Gasteiger partial charge >= 0.3 is 0 Å². The predicted octanol–water partition coefficient (Wildman–Crippen LogP) is 3.67. The Hall–Kier alpha value is -2.98. The zero-order valence-corrected chi connectivity index (χ0v) is 16.1. The lowest BCUT2D eigenvalue weighted by atomic mass is 10.1. The molecule has 0 saturated carbocycles. The number of allylic oxidation sites excluding steroid dienone is 2. The van der Waals surface area contributed by atoms with Crippen LogP contribution in [-0.4, -0.2) is 54.1 Å². The quantitative estimate of drug-likeness (QED) is 0.607. The molecule has 0 aromatic heterocycles. The fourth-order valence-electron chi connectivity index (χ4n) is 3.91. The van der Waals surface area contributed by atoms with Gasteiger partial charge in [-0.2, -0.15) is 0 Å². The number of carbonyl (C=O) groups excluding carboxylic acids is 2. The predicted molar refractivity (Wildman–Crippen MR) is 111 cm³/mol. The summed E-state index contributed by atoms with van der Waals surface area (Å²) in [5, 5.41) is 0. The van der Waals surface area contributed by atoms with Gasteiger partial charge in [0.05, 0.1) is 5.57 Å². The molecule has 0 amide bonds. The molecule has 4 rings (SSSR count). The second-order valence-corrected chi connectivity index (χ2v) is 7.26. The fraction of sp³-hybridized carbons (Fsp3) is 0.250. The number of Topliss-reactive ketones (excluding diaryl/α,β-unsaturated/α-hetero) is 2. The minimum atomic E-state index is -0.133. The third-order valence-corrected chi connectivity index (χ3v) is 5.55. The van der Waals surface area contributed by atoms with E-state index in [1.54, 1.807) is 12.1 Å². The number of carbonyl (C=O) groups is 2. The van der Waals surface area contributed by atoms with Crippen LogP contribution in [0, 0.1) is 0 Å². The summed E-state index contributed by atoms with van der Waals surface area (Å²) in [4.78, 5) is 30.0. The van der Waals surface area contributed by atoms with Crippen molar-refractivity contribution in [1.82, 2.24) is 9.80 Å². The van der Waals surface area contributed by atoms with E-state index in [1.807, 2.05) is 37.3 Å². The standard InChI is InChI=1S/C24H24N2O2/c1-18(22-23(27)20-11-5-6-12-21(20)24(22)28)26-16-14-25(15-17-26)13-7-10-19-8-3-2-4-9-19/h2-12H,13-17H2,1H3. The van der Waals surface area contributed by atoms with Crippen LogP contribution in [0.5, 0.6) is 0 Å². The smallest absolute Gasteiger partial charge is 0.199 e. The van der Waals surface area contributed by atoms with Crippen LogP contribution in [0.3, 0.4) is 0 Å². The highest BCUT2D eigenvalue weighted by Crippen LogP contribution is 2.29. The molecule has 1 heterocycles. The summed E-state index contributed by atoms with van der Waals surface area (Å²) in [6, 6.07) is 17.4. The Labute approximate surface area is 165 Å². The van der Waals surface area contributed by atoms with Crippen molar-refractivity contribution in [2.24, 2.45) is 0 Å². The number of fused-ring (bicyclic) bond motifs is 1. The van der Waals surface area contributed by atoms with Gasteiger partial charge in [-0.25, -0.2) is 0 Å². The van der Waals surface area contributed by atoms with Gasteiger partial charge in [0.25, 0.3) is 0 Å². The van der Waals surface area contributed by atoms with Crippen LogP contribution in [0.1, 0.15) is 33.2 Å². The van der Waals surface area contributed by atoms with Crippen molar-refractivity contribution in [2.75, 3.05) is 32.7 Å². The molecule has 0 atom stereocenters. The molecule has 2 aromatic rings. The number of hydrogen-bond acceptors (Lipinski definition) is 4. The molecule has 1 aliphatic heterocycles. The van der Waals surface area contributed by atoms with Crippen molar-refractivity contribution >= 4 is 17.6 Å². The van der Waals surface area contributed by atoms with Gasteiger partial charge in [-0.05, 0) is 12.5 Å². The van der Waals surface area contributed by atoms with Gasteiger partial charge in [0.1, 0.15) is 0 Å². The first-order chi connectivity index (χ1) is 13.6. The van der Waals surface area contributed by atoms with Crippen molar-refractivity contribution in [1.29, 1.82) is 0 Å². The average Bonchev–Trinajstić information content (AvgIpc) is 2.99. The molecule has 0 spiro atoms. The minimum Gasteiger partial charge on any atom is -0.372 e. The van der Waals surface area contributed by atoms with E-state index >= 15 is 0 Å². The third kappa shape index (κ3) is 3.56. The van der Waals surface area contributed by atoms with Crippen LogP contribution >= 0.6 is 0 Å². The third-order valence-electron chi connectivity index (χ3n) is 5.55. The second-order valence-electron chi connectivity index (χ2n) is 7.26. The van der Waals surface area contributed by atoms with Gasteiger partial charge < -0.3 is 4.90 Å². The largest absolute Gasteiger partial charge is 0.372 e. The van der Waals surface area contributed by atoms with E-state index in [9.17, 15) is 9.59 Å². The summed E-state index contributed by atoms with van der Waals surface area (Å²) < 4.78 is 0. The van der Waals surface area contributed by atoms with Crippen LogP contribution in [0.2, 0.25) is 0 Å². The molecule has 1 saturated heterocycles. The first kappa shape index (κ1) is 18.4. The van der Waals surface area contributed by atoms with E-state index in [4.69, 9.17) is 0 Å². The molecule has 2 aromatic carbocycles.